The minimum atomic E-state index is 0.00428. The molecule has 1 aromatic rings. The van der Waals surface area contributed by atoms with Gasteiger partial charge in [0.15, 0.2) is 0 Å². The second kappa shape index (κ2) is 7.36. The Kier molecular flexibility index (Phi) is 6.12. The third-order valence-corrected chi connectivity index (χ3v) is 3.29. The normalized spacial score (nSPS) is 10.8. The molecule has 0 atom stereocenters. The van der Waals surface area contributed by atoms with Crippen molar-refractivity contribution in [2.24, 2.45) is 0 Å². The molecular formula is C14H22ClN3O. The molecule has 106 valence electrons. The van der Waals surface area contributed by atoms with Crippen molar-refractivity contribution in [3.8, 4) is 0 Å². The lowest BCUT2D eigenvalue weighted by Gasteiger charge is -2.22. The fourth-order valence-corrected chi connectivity index (χ4v) is 1.96. The zero-order valence-corrected chi connectivity index (χ0v) is 12.6. The largest absolute Gasteiger partial charge is 0.398 e. The van der Waals surface area contributed by atoms with E-state index in [-0.39, 0.29) is 5.91 Å². The average molecular weight is 284 g/mol. The van der Waals surface area contributed by atoms with Gasteiger partial charge in [-0.3, -0.25) is 4.79 Å². The average Bonchev–Trinajstić information content (AvgIpc) is 2.37. The summed E-state index contributed by atoms with van der Waals surface area (Å²) in [6, 6.07) is 5.02. The fraction of sp³-hybridized carbons (Fsp3) is 0.500. The number of hydrogen-bond donors (Lipinski definition) is 1. The summed E-state index contributed by atoms with van der Waals surface area (Å²) in [6.07, 6.45) is 0.954. The zero-order chi connectivity index (χ0) is 14.4. The minimum absolute atomic E-state index is 0.00428. The number of nitrogen functional groups attached to an aromatic ring is 1. The number of rotatable bonds is 6. The molecule has 0 saturated carbocycles. The van der Waals surface area contributed by atoms with Crippen molar-refractivity contribution >= 4 is 23.2 Å². The van der Waals surface area contributed by atoms with Gasteiger partial charge in [-0.2, -0.15) is 0 Å². The number of amides is 1. The maximum Gasteiger partial charge on any atom is 0.253 e. The molecule has 0 fully saturated rings. The van der Waals surface area contributed by atoms with Crippen LogP contribution in [0.2, 0.25) is 5.02 Å². The van der Waals surface area contributed by atoms with Gasteiger partial charge in [0.2, 0.25) is 0 Å². The number of hydrogen-bond acceptors (Lipinski definition) is 3. The van der Waals surface area contributed by atoms with Crippen molar-refractivity contribution < 1.29 is 4.79 Å². The fourth-order valence-electron chi connectivity index (χ4n) is 1.84. The number of halogens is 1. The molecule has 0 radical (unpaired) electrons. The number of carbonyl (C=O) groups excluding carboxylic acids is 1. The Morgan fingerprint density at radius 1 is 1.32 bits per heavy atom. The van der Waals surface area contributed by atoms with E-state index < -0.39 is 0 Å². The molecule has 0 bridgehead atoms. The summed E-state index contributed by atoms with van der Waals surface area (Å²) >= 11 is 5.86. The first kappa shape index (κ1) is 15.8. The Hall–Kier alpha value is -1.26. The van der Waals surface area contributed by atoms with Crippen LogP contribution in [0, 0.1) is 0 Å². The second-order valence-electron chi connectivity index (χ2n) is 4.78. The van der Waals surface area contributed by atoms with Crippen LogP contribution in [0.3, 0.4) is 0 Å². The molecule has 19 heavy (non-hydrogen) atoms. The van der Waals surface area contributed by atoms with E-state index in [0.717, 1.165) is 19.5 Å². The number of anilines is 1. The van der Waals surface area contributed by atoms with Crippen molar-refractivity contribution in [1.82, 2.24) is 9.80 Å². The highest BCUT2D eigenvalue weighted by Crippen LogP contribution is 2.20. The lowest BCUT2D eigenvalue weighted by atomic mass is 10.1. The smallest absolute Gasteiger partial charge is 0.253 e. The summed E-state index contributed by atoms with van der Waals surface area (Å²) in [5.41, 5.74) is 6.76. The molecule has 0 unspecified atom stereocenters. The predicted octanol–water partition coefficient (Wildman–Crippen LogP) is 2.34. The van der Waals surface area contributed by atoms with Crippen molar-refractivity contribution in [1.29, 1.82) is 0 Å². The van der Waals surface area contributed by atoms with Crippen LogP contribution >= 0.6 is 11.6 Å². The molecule has 0 aromatic heterocycles. The van der Waals surface area contributed by atoms with Crippen LogP contribution in [0.4, 0.5) is 5.69 Å². The van der Waals surface area contributed by atoms with Crippen LogP contribution in [0.15, 0.2) is 18.2 Å². The van der Waals surface area contributed by atoms with Crippen molar-refractivity contribution in [3.05, 3.63) is 28.8 Å². The van der Waals surface area contributed by atoms with E-state index in [1.807, 2.05) is 25.9 Å². The van der Waals surface area contributed by atoms with Crippen molar-refractivity contribution in [2.75, 3.05) is 39.5 Å². The van der Waals surface area contributed by atoms with Gasteiger partial charge in [-0.15, -0.1) is 0 Å². The Morgan fingerprint density at radius 2 is 2.00 bits per heavy atom. The molecule has 0 aliphatic heterocycles. The Bertz CT molecular complexity index is 435. The molecular weight excluding hydrogens is 262 g/mol. The molecule has 1 rings (SSSR count). The van der Waals surface area contributed by atoms with Gasteiger partial charge >= 0.3 is 0 Å². The van der Waals surface area contributed by atoms with E-state index in [0.29, 0.717) is 22.8 Å². The van der Waals surface area contributed by atoms with E-state index in [1.165, 1.54) is 0 Å². The van der Waals surface area contributed by atoms with E-state index >= 15 is 0 Å². The third kappa shape index (κ3) is 4.73. The molecule has 1 amide bonds. The lowest BCUT2D eigenvalue weighted by Crippen LogP contribution is -2.33. The molecule has 0 saturated heterocycles. The highest BCUT2D eigenvalue weighted by Gasteiger charge is 2.14. The van der Waals surface area contributed by atoms with E-state index in [4.69, 9.17) is 17.3 Å². The second-order valence-corrected chi connectivity index (χ2v) is 5.19. The summed E-state index contributed by atoms with van der Waals surface area (Å²) in [7, 11) is 4.05. The van der Waals surface area contributed by atoms with Gasteiger partial charge in [-0.25, -0.2) is 0 Å². The van der Waals surface area contributed by atoms with Crippen LogP contribution in [-0.2, 0) is 0 Å². The molecule has 0 spiro atoms. The highest BCUT2D eigenvalue weighted by atomic mass is 35.5. The van der Waals surface area contributed by atoms with E-state index in [9.17, 15) is 4.79 Å². The van der Waals surface area contributed by atoms with Gasteiger partial charge in [0.05, 0.1) is 10.7 Å². The zero-order valence-electron chi connectivity index (χ0n) is 11.8. The van der Waals surface area contributed by atoms with E-state index in [2.05, 4.69) is 4.90 Å². The summed E-state index contributed by atoms with van der Waals surface area (Å²) in [6.45, 7) is 4.38. The minimum Gasteiger partial charge on any atom is -0.398 e. The summed E-state index contributed by atoms with van der Waals surface area (Å²) in [5, 5.41) is 0.479. The molecule has 0 aliphatic rings. The van der Waals surface area contributed by atoms with Crippen LogP contribution in [0.5, 0.6) is 0 Å². The molecule has 0 aliphatic carbocycles. The van der Waals surface area contributed by atoms with Gasteiger partial charge in [0.25, 0.3) is 5.91 Å². The number of nitrogens with two attached hydrogens (primary N) is 1. The highest BCUT2D eigenvalue weighted by molar-refractivity contribution is 6.33. The third-order valence-electron chi connectivity index (χ3n) is 2.95. The SMILES string of the molecule is CCN(CCCN(C)C)C(=O)c1ccc(Cl)c(N)c1. The molecule has 1 aromatic carbocycles. The number of benzene rings is 1. The quantitative estimate of drug-likeness (QED) is 0.815. The monoisotopic (exact) mass is 283 g/mol. The van der Waals surface area contributed by atoms with Gasteiger partial charge in [0.1, 0.15) is 0 Å². The Balaban J connectivity index is 2.69. The topological polar surface area (TPSA) is 49.6 Å². The van der Waals surface area contributed by atoms with Gasteiger partial charge in [-0.05, 0) is 52.2 Å². The van der Waals surface area contributed by atoms with Crippen molar-refractivity contribution in [2.45, 2.75) is 13.3 Å². The summed E-state index contributed by atoms with van der Waals surface area (Å²) < 4.78 is 0. The first-order valence-corrected chi connectivity index (χ1v) is 6.82. The summed E-state index contributed by atoms with van der Waals surface area (Å²) in [5.74, 6) is 0.00428. The lowest BCUT2D eigenvalue weighted by molar-refractivity contribution is 0.0759. The van der Waals surface area contributed by atoms with Crippen LogP contribution in [0.1, 0.15) is 23.7 Å². The molecule has 4 nitrogen and oxygen atoms in total. The van der Waals surface area contributed by atoms with Gasteiger partial charge in [0, 0.05) is 18.7 Å². The Labute approximate surface area is 120 Å². The molecule has 2 N–H and O–H groups in total. The van der Waals surface area contributed by atoms with Crippen molar-refractivity contribution in [3.63, 3.8) is 0 Å². The van der Waals surface area contributed by atoms with Crippen LogP contribution < -0.4 is 5.73 Å². The first-order chi connectivity index (χ1) is 8.95. The van der Waals surface area contributed by atoms with Crippen LogP contribution in [0.25, 0.3) is 0 Å². The van der Waals surface area contributed by atoms with E-state index in [1.54, 1.807) is 18.2 Å². The van der Waals surface area contributed by atoms with Crippen LogP contribution in [-0.4, -0.2) is 49.4 Å². The summed E-state index contributed by atoms with van der Waals surface area (Å²) in [4.78, 5) is 16.3. The first-order valence-electron chi connectivity index (χ1n) is 6.44. The molecule has 5 heteroatoms. The van der Waals surface area contributed by atoms with Gasteiger partial charge < -0.3 is 15.5 Å². The number of carbonyl (C=O) groups is 1. The predicted molar refractivity (Wildman–Crippen MR) is 80.6 cm³/mol. The maximum atomic E-state index is 12.3. The Morgan fingerprint density at radius 3 is 2.53 bits per heavy atom. The number of nitrogens with zero attached hydrogens (tertiary/aromatic N) is 2. The molecule has 0 heterocycles. The standard InChI is InChI=1S/C14H22ClN3O/c1-4-18(9-5-8-17(2)3)14(19)11-6-7-12(15)13(16)10-11/h6-7,10H,4-5,8-9,16H2,1-3H3. The van der Waals surface area contributed by atoms with Gasteiger partial charge in [-0.1, -0.05) is 11.6 Å². The maximum absolute atomic E-state index is 12.3.